The summed E-state index contributed by atoms with van der Waals surface area (Å²) < 4.78 is 5.26. The number of thiophene rings is 1. The summed E-state index contributed by atoms with van der Waals surface area (Å²) in [6, 6.07) is 15.6. The Morgan fingerprint density at radius 2 is 1.88 bits per heavy atom. The SMILES string of the molecule is COc1ccc(-c2csc3nc(C)nc(Nc4cccc(Cl)c4)c23)cc1. The largest absolute Gasteiger partial charge is 0.497 e. The molecule has 0 aliphatic heterocycles. The Morgan fingerprint density at radius 3 is 2.62 bits per heavy atom. The van der Waals surface area contributed by atoms with Crippen LogP contribution in [0.4, 0.5) is 11.5 Å². The molecule has 26 heavy (non-hydrogen) atoms. The zero-order valence-corrected chi connectivity index (χ0v) is 15.9. The van der Waals surface area contributed by atoms with Gasteiger partial charge in [0.05, 0.1) is 12.5 Å². The molecule has 4 rings (SSSR count). The fraction of sp³-hybridized carbons (Fsp3) is 0.100. The van der Waals surface area contributed by atoms with Gasteiger partial charge in [-0.1, -0.05) is 29.8 Å². The van der Waals surface area contributed by atoms with Gasteiger partial charge in [-0.3, -0.25) is 0 Å². The Hall–Kier alpha value is -2.63. The maximum Gasteiger partial charge on any atom is 0.143 e. The third-order valence-electron chi connectivity index (χ3n) is 4.03. The van der Waals surface area contributed by atoms with Crippen molar-refractivity contribution in [1.29, 1.82) is 0 Å². The highest BCUT2D eigenvalue weighted by Crippen LogP contribution is 2.38. The minimum absolute atomic E-state index is 0.678. The summed E-state index contributed by atoms with van der Waals surface area (Å²) >= 11 is 7.72. The molecule has 0 spiro atoms. The Balaban J connectivity index is 1.84. The number of methoxy groups -OCH3 is 1. The summed E-state index contributed by atoms with van der Waals surface area (Å²) in [6.45, 7) is 1.90. The Bertz CT molecular complexity index is 1080. The zero-order chi connectivity index (χ0) is 18.1. The van der Waals surface area contributed by atoms with Crippen LogP contribution in [-0.4, -0.2) is 17.1 Å². The average Bonchev–Trinajstić information content (AvgIpc) is 3.06. The molecule has 0 radical (unpaired) electrons. The molecule has 4 nitrogen and oxygen atoms in total. The van der Waals surface area contributed by atoms with Crippen molar-refractivity contribution in [1.82, 2.24) is 9.97 Å². The lowest BCUT2D eigenvalue weighted by Gasteiger charge is -2.10. The molecule has 0 fully saturated rings. The molecule has 1 N–H and O–H groups in total. The van der Waals surface area contributed by atoms with E-state index < -0.39 is 0 Å². The van der Waals surface area contributed by atoms with Crippen molar-refractivity contribution in [2.45, 2.75) is 6.92 Å². The van der Waals surface area contributed by atoms with Crippen molar-refractivity contribution in [3.8, 4) is 16.9 Å². The van der Waals surface area contributed by atoms with E-state index in [1.807, 2.05) is 55.5 Å². The molecular weight excluding hydrogens is 366 g/mol. The highest BCUT2D eigenvalue weighted by atomic mass is 35.5. The van der Waals surface area contributed by atoms with Crippen LogP contribution in [0.5, 0.6) is 5.75 Å². The van der Waals surface area contributed by atoms with Gasteiger partial charge in [-0.2, -0.15) is 0 Å². The maximum atomic E-state index is 6.11. The number of anilines is 2. The topological polar surface area (TPSA) is 47.0 Å². The van der Waals surface area contributed by atoms with Crippen LogP contribution < -0.4 is 10.1 Å². The molecule has 0 aliphatic rings. The quantitative estimate of drug-likeness (QED) is 0.466. The fourth-order valence-electron chi connectivity index (χ4n) is 2.82. The normalized spacial score (nSPS) is 10.9. The van der Waals surface area contributed by atoms with Crippen LogP contribution >= 0.6 is 22.9 Å². The number of nitrogens with one attached hydrogen (secondary N) is 1. The van der Waals surface area contributed by atoms with Crippen LogP contribution in [0.1, 0.15) is 5.82 Å². The molecule has 0 aliphatic carbocycles. The first-order valence-corrected chi connectivity index (χ1v) is 9.32. The van der Waals surface area contributed by atoms with Crippen molar-refractivity contribution in [2.24, 2.45) is 0 Å². The predicted molar refractivity (Wildman–Crippen MR) is 109 cm³/mol. The highest BCUT2D eigenvalue weighted by Gasteiger charge is 2.15. The summed E-state index contributed by atoms with van der Waals surface area (Å²) in [5.74, 6) is 2.34. The summed E-state index contributed by atoms with van der Waals surface area (Å²) in [4.78, 5) is 10.2. The van der Waals surface area contributed by atoms with E-state index in [4.69, 9.17) is 16.3 Å². The van der Waals surface area contributed by atoms with Gasteiger partial charge < -0.3 is 10.1 Å². The van der Waals surface area contributed by atoms with E-state index in [9.17, 15) is 0 Å². The van der Waals surface area contributed by atoms with E-state index in [0.717, 1.165) is 44.4 Å². The summed E-state index contributed by atoms with van der Waals surface area (Å²) in [5.41, 5.74) is 3.08. The fourth-order valence-corrected chi connectivity index (χ4v) is 4.01. The van der Waals surface area contributed by atoms with Gasteiger partial charge in [0.15, 0.2) is 0 Å². The third-order valence-corrected chi connectivity index (χ3v) is 5.14. The second-order valence-corrected chi connectivity index (χ2v) is 7.11. The van der Waals surface area contributed by atoms with Crippen molar-refractivity contribution in [3.63, 3.8) is 0 Å². The Morgan fingerprint density at radius 1 is 1.08 bits per heavy atom. The predicted octanol–water partition coefficient (Wildman–Crippen LogP) is 6.07. The number of aryl methyl sites for hydroxylation is 1. The van der Waals surface area contributed by atoms with E-state index in [0.29, 0.717) is 5.02 Å². The smallest absolute Gasteiger partial charge is 0.143 e. The molecule has 0 saturated carbocycles. The number of rotatable bonds is 4. The van der Waals surface area contributed by atoms with Crippen molar-refractivity contribution >= 4 is 44.7 Å². The first-order chi connectivity index (χ1) is 12.6. The molecule has 2 aromatic carbocycles. The Labute approximate surface area is 160 Å². The number of hydrogen-bond acceptors (Lipinski definition) is 5. The molecule has 0 bridgehead atoms. The van der Waals surface area contributed by atoms with Gasteiger partial charge in [-0.05, 0) is 42.8 Å². The summed E-state index contributed by atoms with van der Waals surface area (Å²) in [6.07, 6.45) is 0. The molecule has 0 saturated heterocycles. The van der Waals surface area contributed by atoms with Gasteiger partial charge in [0.2, 0.25) is 0 Å². The second kappa shape index (κ2) is 6.94. The summed E-state index contributed by atoms with van der Waals surface area (Å²) in [5, 5.41) is 7.19. The summed E-state index contributed by atoms with van der Waals surface area (Å²) in [7, 11) is 1.67. The first kappa shape index (κ1) is 16.8. The molecule has 130 valence electrons. The molecular formula is C20H16ClN3OS. The minimum atomic E-state index is 0.678. The van der Waals surface area contributed by atoms with Crippen LogP contribution in [0, 0.1) is 6.92 Å². The standard InChI is InChI=1S/C20H16ClN3OS/c1-12-22-19(24-15-5-3-4-14(21)10-15)18-17(11-26-20(18)23-12)13-6-8-16(25-2)9-7-13/h3-11H,1-2H3,(H,22,23,24). The van der Waals surface area contributed by atoms with Crippen LogP contribution in [0.15, 0.2) is 53.9 Å². The van der Waals surface area contributed by atoms with Gasteiger partial charge in [0.25, 0.3) is 0 Å². The number of hydrogen-bond donors (Lipinski definition) is 1. The molecule has 4 aromatic rings. The van der Waals surface area contributed by atoms with Gasteiger partial charge in [0, 0.05) is 21.7 Å². The highest BCUT2D eigenvalue weighted by molar-refractivity contribution is 7.17. The molecule has 2 heterocycles. The monoisotopic (exact) mass is 381 g/mol. The van der Waals surface area contributed by atoms with E-state index in [1.165, 1.54) is 0 Å². The van der Waals surface area contributed by atoms with Gasteiger partial charge >= 0.3 is 0 Å². The lowest BCUT2D eigenvalue weighted by atomic mass is 10.1. The van der Waals surface area contributed by atoms with Gasteiger partial charge in [-0.15, -0.1) is 11.3 Å². The molecule has 0 atom stereocenters. The van der Waals surface area contributed by atoms with Crippen molar-refractivity contribution < 1.29 is 4.74 Å². The van der Waals surface area contributed by atoms with Crippen LogP contribution in [0.25, 0.3) is 21.3 Å². The lowest BCUT2D eigenvalue weighted by Crippen LogP contribution is -1.98. The Kier molecular flexibility index (Phi) is 4.49. The number of ether oxygens (including phenoxy) is 1. The van der Waals surface area contributed by atoms with Crippen molar-refractivity contribution in [3.05, 3.63) is 64.8 Å². The lowest BCUT2D eigenvalue weighted by molar-refractivity contribution is 0.415. The number of fused-ring (bicyclic) bond motifs is 1. The van der Waals surface area contributed by atoms with Crippen molar-refractivity contribution in [2.75, 3.05) is 12.4 Å². The molecule has 0 amide bonds. The zero-order valence-electron chi connectivity index (χ0n) is 14.3. The van der Waals surface area contributed by atoms with Crippen LogP contribution in [-0.2, 0) is 0 Å². The van der Waals surface area contributed by atoms with E-state index >= 15 is 0 Å². The van der Waals surface area contributed by atoms with Crippen LogP contribution in [0.2, 0.25) is 5.02 Å². The van der Waals surface area contributed by atoms with Crippen LogP contribution in [0.3, 0.4) is 0 Å². The maximum absolute atomic E-state index is 6.11. The molecule has 2 aromatic heterocycles. The van der Waals surface area contributed by atoms with Gasteiger partial charge in [-0.25, -0.2) is 9.97 Å². The van der Waals surface area contributed by atoms with Gasteiger partial charge in [0.1, 0.15) is 22.2 Å². The molecule has 6 heteroatoms. The molecule has 0 unspecified atom stereocenters. The number of aromatic nitrogens is 2. The second-order valence-electron chi connectivity index (χ2n) is 5.81. The van der Waals surface area contributed by atoms with E-state index in [1.54, 1.807) is 18.4 Å². The number of halogens is 1. The number of benzene rings is 2. The minimum Gasteiger partial charge on any atom is -0.497 e. The number of nitrogens with zero attached hydrogens (tertiary/aromatic N) is 2. The van der Waals surface area contributed by atoms with E-state index in [-0.39, 0.29) is 0 Å². The average molecular weight is 382 g/mol. The third kappa shape index (κ3) is 3.23. The van der Waals surface area contributed by atoms with E-state index in [2.05, 4.69) is 20.7 Å². The first-order valence-electron chi connectivity index (χ1n) is 8.07.